The van der Waals surface area contributed by atoms with Crippen LogP contribution in [0.2, 0.25) is 0 Å². The maximum atomic E-state index is 12.2. The molecule has 16 N–H and O–H groups in total. The number of carbonyl (C=O) groups excluding carboxylic acids is 8. The van der Waals surface area contributed by atoms with Gasteiger partial charge in [-0.2, -0.15) is 41.7 Å². The van der Waals surface area contributed by atoms with E-state index in [-0.39, 0.29) is 107 Å². The lowest BCUT2D eigenvalue weighted by atomic mass is 9.94. The number of aromatic nitrogens is 13. The van der Waals surface area contributed by atoms with E-state index in [1.807, 2.05) is 69.1 Å². The standard InChI is InChI=1S/C22H27N5O5S.C17H16N2O3.C14H16N4O4.C8H14N6O.C8H13N5O2/c1-15(28)16-10-17(22(29)32-7-6-30-2)12-18(11-16)31-5-3-8-33-9-4-27-14-26-19-20(23)24-13-25-21(19)27;1-3-9(2)15(20)18-11-7-10-5-4-6-12-14(10)13(8-11)17(22)19-16(12)21;1-3-8(2)11(19)15-9-4-6-10(7-5-9)18-13(21)16-12(20)17-14(18)22;1-3-4(2)5(15)11-8-13-6(9)12-7(10)14-8;1-3-4(2)5(14)15-8-12-6(9)11-7(10)13-8/h10-14H,3-9H2,1-2H3,(H2,23,24,25);4-9H,3H2,1-2H3,(H,18,20)(H,19,21,22);4-8H,3H2,1-2H3,(H,15,19)(H2,16,17,20,21,22);4H,3H2,1-2H3,(H5,9,10,11,12,13,14,15);4H,3H2,1-2H3,(H4,9,10,11,12,13). The first kappa shape index (κ1) is 83.3. The summed E-state index contributed by atoms with van der Waals surface area (Å²) in [7, 11) is 1.53. The second-order valence-corrected chi connectivity index (χ2v) is 25.0. The number of methoxy groups -OCH3 is 1. The quantitative estimate of drug-likeness (QED) is 0.0137. The number of H-pyrrole nitrogens is 2. The van der Waals surface area contributed by atoms with Crippen LogP contribution in [0, 0.1) is 23.7 Å². The van der Waals surface area contributed by atoms with Gasteiger partial charge in [-0.25, -0.2) is 38.7 Å². The molecule has 0 aliphatic carbocycles. The van der Waals surface area contributed by atoms with Gasteiger partial charge in [0.2, 0.25) is 47.5 Å². The van der Waals surface area contributed by atoms with Gasteiger partial charge in [-0.15, -0.1) is 0 Å². The number of aryl methyl sites for hydroxylation is 1. The third-order valence-electron chi connectivity index (χ3n) is 15.8. The Morgan fingerprint density at radius 1 is 0.598 bits per heavy atom. The summed E-state index contributed by atoms with van der Waals surface area (Å²) in [6.45, 7) is 18.0. The van der Waals surface area contributed by atoms with E-state index in [9.17, 15) is 52.7 Å². The van der Waals surface area contributed by atoms with Gasteiger partial charge >= 0.3 is 35.0 Å². The lowest BCUT2D eigenvalue weighted by Crippen LogP contribution is -2.42. The number of nitrogens with two attached hydrogens (primary N) is 5. The minimum absolute atomic E-state index is 0.0121. The van der Waals surface area contributed by atoms with Gasteiger partial charge < -0.3 is 62.8 Å². The first-order chi connectivity index (χ1) is 51.0. The van der Waals surface area contributed by atoms with Gasteiger partial charge in [0.1, 0.15) is 24.2 Å². The van der Waals surface area contributed by atoms with E-state index >= 15 is 0 Å². The van der Waals surface area contributed by atoms with Gasteiger partial charge in [0, 0.05) is 65.0 Å². The van der Waals surface area contributed by atoms with E-state index in [0.717, 1.165) is 59.3 Å². The zero-order valence-corrected chi connectivity index (χ0v) is 61.3. The van der Waals surface area contributed by atoms with Crippen LogP contribution in [0.25, 0.3) is 27.6 Å². The first-order valence-corrected chi connectivity index (χ1v) is 34.7. The summed E-state index contributed by atoms with van der Waals surface area (Å²) >= 11 is 1.78. The highest BCUT2D eigenvalue weighted by atomic mass is 32.2. The Kier molecular flexibility index (Phi) is 31.5. The number of ketones is 1. The number of anilines is 8. The molecule has 5 amide bonds. The fraction of sp³-hybridized carbons (Fsp3) is 0.362. The highest BCUT2D eigenvalue weighted by Crippen LogP contribution is 2.31. The largest absolute Gasteiger partial charge is 0.494 e. The maximum absolute atomic E-state index is 12.2. The highest BCUT2D eigenvalue weighted by Gasteiger charge is 2.26. The summed E-state index contributed by atoms with van der Waals surface area (Å²) in [5, 5.41) is 11.8. The number of esters is 2. The topological polar surface area (TPSA) is 560 Å². The number of Topliss-reactive ketones (excluding diaryl/α,β-unsaturated/α-hetero) is 1. The van der Waals surface area contributed by atoms with Crippen LogP contribution in [0.5, 0.6) is 11.8 Å². The van der Waals surface area contributed by atoms with Gasteiger partial charge in [-0.05, 0) is 111 Å². The number of aromatic amines is 2. The summed E-state index contributed by atoms with van der Waals surface area (Å²) in [6.07, 6.45) is 6.85. The second-order valence-electron chi connectivity index (χ2n) is 23.7. The summed E-state index contributed by atoms with van der Waals surface area (Å²) in [4.78, 5) is 167. The number of nitrogen functional groups attached to an aromatic ring is 5. The number of nitrogens with zero attached hydrogens (tertiary/aromatic N) is 11. The molecule has 37 nitrogen and oxygen atoms in total. The smallest absolute Gasteiger partial charge is 0.338 e. The number of nitrogens with one attached hydrogen (secondary N) is 6. The van der Waals surface area contributed by atoms with Crippen molar-refractivity contribution in [3.63, 3.8) is 0 Å². The molecule has 6 heterocycles. The van der Waals surface area contributed by atoms with Crippen molar-refractivity contribution < 1.29 is 57.3 Å². The number of amides is 5. The first-order valence-electron chi connectivity index (χ1n) is 33.6. The summed E-state index contributed by atoms with van der Waals surface area (Å²) in [5.41, 5.74) is 28.9. The van der Waals surface area contributed by atoms with Gasteiger partial charge in [-0.3, -0.25) is 54.2 Å². The molecule has 107 heavy (non-hydrogen) atoms. The summed E-state index contributed by atoms with van der Waals surface area (Å²) < 4.78 is 23.4. The molecule has 0 spiro atoms. The monoisotopic (exact) mass is 1490 g/mol. The van der Waals surface area contributed by atoms with Gasteiger partial charge in [-0.1, -0.05) is 67.5 Å². The van der Waals surface area contributed by atoms with Crippen molar-refractivity contribution in [2.75, 3.05) is 83.1 Å². The second kappa shape index (κ2) is 40.4. The average molecular weight is 1500 g/mol. The fourth-order valence-electron chi connectivity index (χ4n) is 9.02. The molecule has 9 aromatic rings. The van der Waals surface area contributed by atoms with Crippen molar-refractivity contribution in [2.24, 2.45) is 23.7 Å². The Labute approximate surface area is 616 Å². The molecule has 1 aliphatic rings. The van der Waals surface area contributed by atoms with E-state index in [4.69, 9.17) is 47.6 Å². The van der Waals surface area contributed by atoms with E-state index in [1.165, 1.54) is 38.6 Å². The molecule has 568 valence electrons. The van der Waals surface area contributed by atoms with Crippen molar-refractivity contribution in [3.8, 4) is 17.4 Å². The predicted octanol–water partition coefficient (Wildman–Crippen LogP) is 5.53. The number of hydrogen-bond acceptors (Lipinski definition) is 30. The molecular formula is C69H86N22O15S. The molecule has 0 saturated carbocycles. The van der Waals surface area contributed by atoms with Crippen LogP contribution < -0.4 is 76.5 Å². The molecule has 4 atom stereocenters. The zero-order valence-electron chi connectivity index (χ0n) is 60.5. The number of fused-ring (bicyclic) bond motifs is 1. The number of hydrogen-bond donors (Lipinski definition) is 11. The molecular weight excluding hydrogens is 1410 g/mol. The van der Waals surface area contributed by atoms with Gasteiger partial charge in [0.15, 0.2) is 17.2 Å². The van der Waals surface area contributed by atoms with E-state index in [0.29, 0.717) is 70.2 Å². The van der Waals surface area contributed by atoms with Crippen LogP contribution in [-0.2, 0) is 35.2 Å². The van der Waals surface area contributed by atoms with Crippen molar-refractivity contribution >= 4 is 128 Å². The van der Waals surface area contributed by atoms with Crippen molar-refractivity contribution in [2.45, 2.75) is 101 Å². The number of benzene rings is 4. The lowest BCUT2D eigenvalue weighted by molar-refractivity contribution is -0.139. The normalized spacial score (nSPS) is 12.2. The van der Waals surface area contributed by atoms with Crippen LogP contribution in [0.15, 0.2) is 99.8 Å². The van der Waals surface area contributed by atoms with Crippen LogP contribution in [0.4, 0.5) is 46.9 Å². The molecule has 5 aromatic heterocycles. The molecule has 0 bridgehead atoms. The van der Waals surface area contributed by atoms with E-state index < -0.39 is 34.9 Å². The molecule has 0 saturated heterocycles. The zero-order chi connectivity index (χ0) is 78.6. The Morgan fingerprint density at radius 3 is 1.76 bits per heavy atom. The third kappa shape index (κ3) is 24.8. The van der Waals surface area contributed by atoms with Crippen LogP contribution in [0.1, 0.15) is 136 Å². The molecule has 0 fully saturated rings. The lowest BCUT2D eigenvalue weighted by Gasteiger charge is -2.18. The van der Waals surface area contributed by atoms with Crippen molar-refractivity contribution in [1.82, 2.24) is 69.3 Å². The summed E-state index contributed by atoms with van der Waals surface area (Å²) in [6, 6.07) is 19.4. The van der Waals surface area contributed by atoms with Crippen LogP contribution in [0.3, 0.4) is 0 Å². The molecule has 4 unspecified atom stereocenters. The van der Waals surface area contributed by atoms with Crippen LogP contribution in [-0.4, -0.2) is 150 Å². The fourth-order valence-corrected chi connectivity index (χ4v) is 9.88. The number of imide groups is 1. The average Bonchev–Trinajstić information content (AvgIpc) is 1.10. The van der Waals surface area contributed by atoms with E-state index in [1.54, 1.807) is 73.5 Å². The van der Waals surface area contributed by atoms with Crippen molar-refractivity contribution in [3.05, 3.63) is 139 Å². The Morgan fingerprint density at radius 2 is 1.17 bits per heavy atom. The molecule has 0 radical (unpaired) electrons. The molecule has 4 aromatic carbocycles. The number of rotatable bonds is 26. The molecule has 10 rings (SSSR count). The maximum Gasteiger partial charge on any atom is 0.338 e. The number of carbonyl (C=O) groups is 8. The Bertz CT molecular complexity index is 4690. The SMILES string of the molecule is CCC(C)C(=O)Nc1cc2c3c(cccc3c1)C(=O)NC2=O.CCC(C)C(=O)Nc1ccc(-n2c(=O)[nH]c(=O)[nH]c2=O)cc1.CCC(C)C(=O)Nc1nc(N)nc(N)n1.CCC(C)C(=O)Oc1nc(N)nc(N)n1.COCCOC(=O)c1cc(OCCCSCCn2cnc3c(N)ncnc32)cc(C(C)=O)c1. The minimum atomic E-state index is -0.858. The predicted molar refractivity (Wildman–Crippen MR) is 401 cm³/mol. The highest BCUT2D eigenvalue weighted by molar-refractivity contribution is 7.99. The molecule has 1 aliphatic heterocycles. The van der Waals surface area contributed by atoms with Gasteiger partial charge in [0.05, 0.1) is 42.3 Å². The van der Waals surface area contributed by atoms with E-state index in [2.05, 4.69) is 66.1 Å². The van der Waals surface area contributed by atoms with Crippen molar-refractivity contribution in [1.29, 1.82) is 0 Å². The number of thioether (sulfide) groups is 1. The number of ether oxygens (including phenoxy) is 4. The minimum Gasteiger partial charge on any atom is -0.494 e. The Balaban J connectivity index is 0.000000216. The van der Waals surface area contributed by atoms with Crippen LogP contribution >= 0.6 is 11.8 Å². The van der Waals surface area contributed by atoms with Gasteiger partial charge in [0.25, 0.3) is 11.8 Å². The molecule has 38 heteroatoms. The third-order valence-corrected chi connectivity index (χ3v) is 16.9. The number of imidazole rings is 1. The summed E-state index contributed by atoms with van der Waals surface area (Å²) in [5.74, 6) is -0.267. The Hall–Kier alpha value is -12.6.